The number of methoxy groups -OCH3 is 1. The molecule has 1 aromatic carbocycles. The van der Waals surface area contributed by atoms with Crippen LogP contribution in [0.4, 0.5) is 0 Å². The molecule has 2 rings (SSSR count). The molecule has 1 N–H and O–H groups in total. The molecule has 0 spiro atoms. The average Bonchev–Trinajstić information content (AvgIpc) is 3.11. The van der Waals surface area contributed by atoms with Gasteiger partial charge in [-0.25, -0.2) is 9.48 Å². The first kappa shape index (κ1) is 20.0. The summed E-state index contributed by atoms with van der Waals surface area (Å²) in [5.41, 5.74) is -0.342. The Morgan fingerprint density at radius 2 is 2.00 bits per heavy atom. The summed E-state index contributed by atoms with van der Waals surface area (Å²) in [6.07, 6.45) is 1.55. The highest BCUT2D eigenvalue weighted by molar-refractivity contribution is 5.92. The van der Waals surface area contributed by atoms with E-state index in [9.17, 15) is 14.9 Å². The summed E-state index contributed by atoms with van der Waals surface area (Å²) in [7, 11) is 1.41. The fraction of sp³-hybridized carbons (Fsp3) is 0.368. The minimum Gasteiger partial charge on any atom is -0.493 e. The van der Waals surface area contributed by atoms with Crippen LogP contribution in [0.2, 0.25) is 0 Å². The molecule has 8 nitrogen and oxygen atoms in total. The summed E-state index contributed by atoms with van der Waals surface area (Å²) < 4.78 is 11.7. The molecule has 1 atom stereocenters. The number of hydrogen-bond donors (Lipinski definition) is 1. The van der Waals surface area contributed by atoms with Crippen LogP contribution < -0.4 is 10.1 Å². The zero-order chi connectivity index (χ0) is 20.0. The molecule has 1 amide bonds. The highest BCUT2D eigenvalue weighted by Gasteiger charge is 2.30. The molecule has 0 unspecified atom stereocenters. The molecule has 27 heavy (non-hydrogen) atoms. The van der Waals surface area contributed by atoms with Gasteiger partial charge in [0.05, 0.1) is 25.1 Å². The first-order valence-electron chi connectivity index (χ1n) is 8.39. The average molecular weight is 370 g/mol. The lowest BCUT2D eigenvalue weighted by Gasteiger charge is -2.27. The summed E-state index contributed by atoms with van der Waals surface area (Å²) in [5.74, 6) is -1.24. The number of nitrogens with zero attached hydrogens (tertiary/aromatic N) is 3. The van der Waals surface area contributed by atoms with E-state index in [2.05, 4.69) is 16.5 Å². The van der Waals surface area contributed by atoms with Crippen molar-refractivity contribution in [1.82, 2.24) is 15.1 Å². The molecule has 0 radical (unpaired) electrons. The van der Waals surface area contributed by atoms with Crippen molar-refractivity contribution >= 4 is 11.9 Å². The van der Waals surface area contributed by atoms with E-state index in [1.54, 1.807) is 13.1 Å². The van der Waals surface area contributed by atoms with Crippen LogP contribution in [-0.4, -0.2) is 40.9 Å². The highest BCUT2D eigenvalue weighted by atomic mass is 16.5. The van der Waals surface area contributed by atoms with E-state index >= 15 is 0 Å². The van der Waals surface area contributed by atoms with Crippen molar-refractivity contribution < 1.29 is 19.1 Å². The molecule has 1 aromatic heterocycles. The Labute approximate surface area is 157 Å². The monoisotopic (exact) mass is 370 g/mol. The third kappa shape index (κ3) is 4.64. The lowest BCUT2D eigenvalue weighted by atomic mass is 9.90. The molecule has 2 aromatic rings. The van der Waals surface area contributed by atoms with E-state index in [0.29, 0.717) is 0 Å². The van der Waals surface area contributed by atoms with Gasteiger partial charge >= 0.3 is 5.97 Å². The van der Waals surface area contributed by atoms with Crippen molar-refractivity contribution in [2.75, 3.05) is 13.7 Å². The molecule has 0 fully saturated rings. The van der Waals surface area contributed by atoms with Crippen molar-refractivity contribution in [3.63, 3.8) is 0 Å². The van der Waals surface area contributed by atoms with Crippen LogP contribution in [0, 0.1) is 17.2 Å². The van der Waals surface area contributed by atoms with Crippen molar-refractivity contribution in [1.29, 1.82) is 5.26 Å². The first-order chi connectivity index (χ1) is 12.8. The molecule has 8 heteroatoms. The third-order valence-corrected chi connectivity index (χ3v) is 4.24. The number of hydrogen-bond acceptors (Lipinski definition) is 6. The van der Waals surface area contributed by atoms with Crippen LogP contribution in [0.15, 0.2) is 36.5 Å². The fourth-order valence-electron chi connectivity index (χ4n) is 2.19. The second-order valence-electron chi connectivity index (χ2n) is 6.42. The molecule has 0 aliphatic carbocycles. The fourth-order valence-corrected chi connectivity index (χ4v) is 2.19. The first-order valence-corrected chi connectivity index (χ1v) is 8.39. The van der Waals surface area contributed by atoms with Gasteiger partial charge in [-0.2, -0.15) is 10.4 Å². The minimum absolute atomic E-state index is 0.0407. The largest absolute Gasteiger partial charge is 0.493 e. The van der Waals surface area contributed by atoms with E-state index in [4.69, 9.17) is 9.47 Å². The molecule has 0 bridgehead atoms. The van der Waals surface area contributed by atoms with Crippen molar-refractivity contribution in [3.8, 4) is 17.5 Å². The number of esters is 1. The molecule has 0 saturated carbocycles. The zero-order valence-electron chi connectivity index (χ0n) is 15.7. The van der Waals surface area contributed by atoms with Gasteiger partial charge in [0.1, 0.15) is 5.54 Å². The number of carbonyl (C=O) groups excluding carboxylic acids is 2. The van der Waals surface area contributed by atoms with Gasteiger partial charge in [-0.15, -0.1) is 0 Å². The Balaban J connectivity index is 2.07. The normalized spacial score (nSPS) is 12.7. The van der Waals surface area contributed by atoms with Crippen LogP contribution in [-0.2, 0) is 9.53 Å². The Morgan fingerprint density at radius 1 is 1.33 bits per heavy atom. The molecular weight excluding hydrogens is 348 g/mol. The number of carbonyl (C=O) groups is 2. The quantitative estimate of drug-likeness (QED) is 0.748. The number of amides is 1. The maximum atomic E-state index is 12.3. The number of nitrogens with one attached hydrogen (secondary N) is 1. The summed E-state index contributed by atoms with van der Waals surface area (Å²) in [4.78, 5) is 24.4. The van der Waals surface area contributed by atoms with Crippen LogP contribution in [0.3, 0.4) is 0 Å². The number of ether oxygens (including phenoxy) is 2. The number of nitriles is 1. The Bertz CT molecular complexity index is 854. The second-order valence-corrected chi connectivity index (χ2v) is 6.42. The predicted molar refractivity (Wildman–Crippen MR) is 97.4 cm³/mol. The zero-order valence-corrected chi connectivity index (χ0v) is 15.7. The summed E-state index contributed by atoms with van der Waals surface area (Å²) >= 11 is 0. The van der Waals surface area contributed by atoms with Crippen LogP contribution in [0.1, 0.15) is 31.3 Å². The smallest absolute Gasteiger partial charge is 0.363 e. The van der Waals surface area contributed by atoms with E-state index in [1.807, 2.05) is 44.2 Å². The van der Waals surface area contributed by atoms with Crippen LogP contribution in [0.5, 0.6) is 5.75 Å². The van der Waals surface area contributed by atoms with Gasteiger partial charge in [-0.1, -0.05) is 32.0 Å². The Morgan fingerprint density at radius 3 is 2.56 bits per heavy atom. The van der Waals surface area contributed by atoms with E-state index < -0.39 is 24.0 Å². The van der Waals surface area contributed by atoms with Gasteiger partial charge in [0, 0.05) is 0 Å². The number of aromatic nitrogens is 2. The van der Waals surface area contributed by atoms with E-state index in [-0.39, 0.29) is 17.4 Å². The molecule has 1 heterocycles. The SMILES string of the molecule is COc1cn(-c2ccccc2)nc1C(=O)OCC(=O)N[C@](C)(C#N)C(C)C. The molecular formula is C19H22N4O4. The van der Waals surface area contributed by atoms with Crippen molar-refractivity contribution in [3.05, 3.63) is 42.2 Å². The summed E-state index contributed by atoms with van der Waals surface area (Å²) in [5, 5.41) is 16.0. The Kier molecular flexibility index (Phi) is 6.19. The van der Waals surface area contributed by atoms with Gasteiger partial charge in [0.2, 0.25) is 5.69 Å². The third-order valence-electron chi connectivity index (χ3n) is 4.24. The summed E-state index contributed by atoms with van der Waals surface area (Å²) in [6.45, 7) is 4.72. The number of para-hydroxylation sites is 1. The highest BCUT2D eigenvalue weighted by Crippen LogP contribution is 2.20. The maximum Gasteiger partial charge on any atom is 0.363 e. The lowest BCUT2D eigenvalue weighted by molar-refractivity contribution is -0.125. The lowest BCUT2D eigenvalue weighted by Crippen LogP contribution is -2.50. The van der Waals surface area contributed by atoms with Gasteiger partial charge in [0.15, 0.2) is 12.4 Å². The van der Waals surface area contributed by atoms with E-state index in [0.717, 1.165) is 5.69 Å². The summed E-state index contributed by atoms with van der Waals surface area (Å²) in [6, 6.07) is 11.3. The van der Waals surface area contributed by atoms with E-state index in [1.165, 1.54) is 11.8 Å². The number of rotatable bonds is 7. The maximum absolute atomic E-state index is 12.3. The molecule has 0 saturated heterocycles. The predicted octanol–water partition coefficient (Wildman–Crippen LogP) is 2.09. The number of benzene rings is 1. The van der Waals surface area contributed by atoms with Crippen LogP contribution >= 0.6 is 0 Å². The standard InChI is InChI=1S/C19H22N4O4/c1-13(2)19(3,12-20)21-16(24)11-27-18(25)17-15(26-4)10-23(22-17)14-8-6-5-7-9-14/h5-10,13H,11H2,1-4H3,(H,21,24)/t19-/m1/s1. The molecule has 0 aliphatic heterocycles. The van der Waals surface area contributed by atoms with Gasteiger partial charge < -0.3 is 14.8 Å². The Hall–Kier alpha value is -3.34. The van der Waals surface area contributed by atoms with Crippen LogP contribution in [0.25, 0.3) is 5.69 Å². The molecule has 0 aliphatic rings. The second kappa shape index (κ2) is 8.36. The van der Waals surface area contributed by atoms with Crippen molar-refractivity contribution in [2.24, 2.45) is 5.92 Å². The van der Waals surface area contributed by atoms with Gasteiger partial charge in [-0.05, 0) is 25.0 Å². The molecule has 142 valence electrons. The van der Waals surface area contributed by atoms with Gasteiger partial charge in [0.25, 0.3) is 5.91 Å². The minimum atomic E-state index is -1.05. The topological polar surface area (TPSA) is 106 Å². The van der Waals surface area contributed by atoms with Gasteiger partial charge in [-0.3, -0.25) is 4.79 Å². The van der Waals surface area contributed by atoms with Crippen molar-refractivity contribution in [2.45, 2.75) is 26.3 Å².